The van der Waals surface area contributed by atoms with E-state index in [9.17, 15) is 18.0 Å². The van der Waals surface area contributed by atoms with Crippen LogP contribution in [-0.4, -0.2) is 48.7 Å². The number of rotatable bonds is 5. The summed E-state index contributed by atoms with van der Waals surface area (Å²) >= 11 is 0. The smallest absolute Gasteiger partial charge is 0.368 e. The van der Waals surface area contributed by atoms with Crippen molar-refractivity contribution < 1.29 is 18.0 Å². The molecule has 1 saturated carbocycles. The van der Waals surface area contributed by atoms with E-state index < -0.39 is 24.2 Å². The average Bonchev–Trinajstić information content (AvgIpc) is 2.61. The van der Waals surface area contributed by atoms with E-state index in [4.69, 9.17) is 5.73 Å². The normalized spacial score (nSPS) is 28.9. The summed E-state index contributed by atoms with van der Waals surface area (Å²) in [6.07, 6.45) is -2.85. The lowest BCUT2D eigenvalue weighted by Crippen LogP contribution is -2.54. The quantitative estimate of drug-likeness (QED) is 0.777. The van der Waals surface area contributed by atoms with Gasteiger partial charge >= 0.3 is 6.18 Å². The number of nitrogens with two attached hydrogens (primary N) is 1. The van der Waals surface area contributed by atoms with Crippen molar-refractivity contribution in [1.82, 2.24) is 10.2 Å². The number of carbonyl (C=O) groups is 1. The molecule has 0 saturated heterocycles. The molecular formula is C11H20F3N3O. The first-order chi connectivity index (χ1) is 8.20. The molecule has 1 aliphatic carbocycles. The van der Waals surface area contributed by atoms with Crippen LogP contribution in [0.1, 0.15) is 26.2 Å². The number of nitrogens with zero attached hydrogens (tertiary/aromatic N) is 1. The molecule has 1 fully saturated rings. The molecule has 0 bridgehead atoms. The first-order valence-electron chi connectivity index (χ1n) is 6.02. The Morgan fingerprint density at radius 3 is 2.61 bits per heavy atom. The van der Waals surface area contributed by atoms with Gasteiger partial charge in [0.25, 0.3) is 0 Å². The number of primary amides is 1. The third kappa shape index (κ3) is 3.58. The van der Waals surface area contributed by atoms with Crippen LogP contribution in [0.4, 0.5) is 13.2 Å². The molecule has 4 nitrogen and oxygen atoms in total. The Bertz CT molecular complexity index is 308. The largest absolute Gasteiger partial charge is 0.401 e. The second kappa shape index (κ2) is 5.44. The molecule has 1 amide bonds. The standard InChI is InChI=1S/C11H20F3N3O/c1-3-16-10(9(15)18)5-4-8(6-10)17(2)7-11(12,13)14/h8,16H,3-7H2,1-2H3,(H2,15,18). The molecular weight excluding hydrogens is 247 g/mol. The van der Waals surface area contributed by atoms with Crippen molar-refractivity contribution in [3.63, 3.8) is 0 Å². The van der Waals surface area contributed by atoms with Crippen molar-refractivity contribution >= 4 is 5.91 Å². The van der Waals surface area contributed by atoms with Crippen LogP contribution in [-0.2, 0) is 4.79 Å². The van der Waals surface area contributed by atoms with E-state index in [-0.39, 0.29) is 6.04 Å². The molecule has 0 aliphatic heterocycles. The number of alkyl halides is 3. The van der Waals surface area contributed by atoms with E-state index in [0.29, 0.717) is 25.8 Å². The summed E-state index contributed by atoms with van der Waals surface area (Å²) in [6, 6.07) is -0.266. The van der Waals surface area contributed by atoms with E-state index in [0.717, 1.165) is 0 Å². The van der Waals surface area contributed by atoms with Crippen LogP contribution in [0.3, 0.4) is 0 Å². The minimum absolute atomic E-state index is 0.266. The van der Waals surface area contributed by atoms with Gasteiger partial charge in [0.1, 0.15) is 0 Å². The zero-order valence-electron chi connectivity index (χ0n) is 10.7. The molecule has 0 aromatic heterocycles. The summed E-state index contributed by atoms with van der Waals surface area (Å²) in [5.74, 6) is -0.479. The molecule has 0 heterocycles. The summed E-state index contributed by atoms with van der Waals surface area (Å²) in [7, 11) is 1.43. The SMILES string of the molecule is CCNC1(C(N)=O)CCC(N(C)CC(F)(F)F)C1. The minimum atomic E-state index is -4.22. The Morgan fingerprint density at radius 1 is 1.56 bits per heavy atom. The number of hydrogen-bond donors (Lipinski definition) is 2. The third-order valence-electron chi connectivity index (χ3n) is 3.53. The monoisotopic (exact) mass is 267 g/mol. The van der Waals surface area contributed by atoms with Crippen LogP contribution in [0.25, 0.3) is 0 Å². The second-order valence-electron chi connectivity index (χ2n) is 4.90. The number of nitrogens with one attached hydrogen (secondary N) is 1. The zero-order valence-corrected chi connectivity index (χ0v) is 10.7. The topological polar surface area (TPSA) is 58.4 Å². The maximum atomic E-state index is 12.3. The van der Waals surface area contributed by atoms with Crippen LogP contribution in [0.5, 0.6) is 0 Å². The summed E-state index contributed by atoms with van der Waals surface area (Å²) in [4.78, 5) is 12.7. The van der Waals surface area contributed by atoms with Crippen molar-refractivity contribution in [3.8, 4) is 0 Å². The van der Waals surface area contributed by atoms with Crippen molar-refractivity contribution in [2.45, 2.75) is 43.9 Å². The lowest BCUT2D eigenvalue weighted by atomic mass is 9.96. The molecule has 2 unspecified atom stereocenters. The fraction of sp³-hybridized carbons (Fsp3) is 0.909. The van der Waals surface area contributed by atoms with Gasteiger partial charge in [0.2, 0.25) is 5.91 Å². The predicted octanol–water partition coefficient (Wildman–Crippen LogP) is 0.867. The molecule has 2 atom stereocenters. The van der Waals surface area contributed by atoms with Gasteiger partial charge in [0.05, 0.1) is 12.1 Å². The lowest BCUT2D eigenvalue weighted by molar-refractivity contribution is -0.147. The highest BCUT2D eigenvalue weighted by Crippen LogP contribution is 2.33. The second-order valence-corrected chi connectivity index (χ2v) is 4.90. The molecule has 106 valence electrons. The van der Waals surface area contributed by atoms with Crippen LogP contribution in [0.15, 0.2) is 0 Å². The summed E-state index contributed by atoms with van der Waals surface area (Å²) in [6.45, 7) is 1.45. The predicted molar refractivity (Wildman–Crippen MR) is 61.9 cm³/mol. The van der Waals surface area contributed by atoms with Gasteiger partial charge in [-0.05, 0) is 32.9 Å². The summed E-state index contributed by atoms with van der Waals surface area (Å²) in [5.41, 5.74) is 4.52. The number of halogens is 3. The van der Waals surface area contributed by atoms with E-state index in [1.165, 1.54) is 11.9 Å². The molecule has 1 aliphatic rings. The number of hydrogen-bond acceptors (Lipinski definition) is 3. The van der Waals surface area contributed by atoms with Crippen molar-refractivity contribution in [3.05, 3.63) is 0 Å². The number of carbonyl (C=O) groups excluding carboxylic acids is 1. The average molecular weight is 267 g/mol. The van der Waals surface area contributed by atoms with Crippen molar-refractivity contribution in [1.29, 1.82) is 0 Å². The maximum absolute atomic E-state index is 12.3. The van der Waals surface area contributed by atoms with Gasteiger partial charge in [-0.3, -0.25) is 9.69 Å². The van der Waals surface area contributed by atoms with Crippen LogP contribution < -0.4 is 11.1 Å². The highest BCUT2D eigenvalue weighted by Gasteiger charge is 2.45. The molecule has 0 aromatic rings. The Kier molecular flexibility index (Phi) is 4.61. The van der Waals surface area contributed by atoms with E-state index in [2.05, 4.69) is 5.32 Å². The first-order valence-corrected chi connectivity index (χ1v) is 6.02. The highest BCUT2D eigenvalue weighted by atomic mass is 19.4. The molecule has 3 N–H and O–H groups in total. The lowest BCUT2D eigenvalue weighted by Gasteiger charge is -2.29. The van der Waals surface area contributed by atoms with Gasteiger partial charge in [-0.1, -0.05) is 6.92 Å². The van der Waals surface area contributed by atoms with E-state index in [1.807, 2.05) is 6.92 Å². The number of amides is 1. The Hall–Kier alpha value is -0.820. The van der Waals surface area contributed by atoms with E-state index in [1.54, 1.807) is 0 Å². The third-order valence-corrected chi connectivity index (χ3v) is 3.53. The van der Waals surface area contributed by atoms with Gasteiger partial charge in [-0.2, -0.15) is 13.2 Å². The summed E-state index contributed by atoms with van der Waals surface area (Å²) < 4.78 is 36.9. The maximum Gasteiger partial charge on any atom is 0.401 e. The molecule has 18 heavy (non-hydrogen) atoms. The van der Waals surface area contributed by atoms with E-state index >= 15 is 0 Å². The minimum Gasteiger partial charge on any atom is -0.368 e. The first kappa shape index (κ1) is 15.2. The van der Waals surface area contributed by atoms with Crippen LogP contribution in [0, 0.1) is 0 Å². The zero-order chi connectivity index (χ0) is 14.0. The van der Waals surface area contributed by atoms with Gasteiger partial charge in [-0.15, -0.1) is 0 Å². The molecule has 7 heteroatoms. The van der Waals surface area contributed by atoms with Crippen LogP contribution in [0.2, 0.25) is 0 Å². The molecule has 0 spiro atoms. The Labute approximate surface area is 105 Å². The molecule has 1 rings (SSSR count). The highest BCUT2D eigenvalue weighted by molar-refractivity contribution is 5.85. The fourth-order valence-corrected chi connectivity index (χ4v) is 2.62. The van der Waals surface area contributed by atoms with Crippen LogP contribution >= 0.6 is 0 Å². The number of likely N-dealkylation sites (N-methyl/N-ethyl adjacent to an activating group) is 1. The molecule has 0 aromatic carbocycles. The fourth-order valence-electron chi connectivity index (χ4n) is 2.62. The van der Waals surface area contributed by atoms with Gasteiger partial charge in [0, 0.05) is 6.04 Å². The van der Waals surface area contributed by atoms with Gasteiger partial charge < -0.3 is 11.1 Å². The van der Waals surface area contributed by atoms with Gasteiger partial charge in [-0.25, -0.2) is 0 Å². The Morgan fingerprint density at radius 2 is 2.17 bits per heavy atom. The van der Waals surface area contributed by atoms with Crippen molar-refractivity contribution in [2.75, 3.05) is 20.1 Å². The Balaban J connectivity index is 2.66. The van der Waals surface area contributed by atoms with Crippen molar-refractivity contribution in [2.24, 2.45) is 5.73 Å². The summed E-state index contributed by atoms with van der Waals surface area (Å²) in [5, 5.41) is 3.02. The molecule has 0 radical (unpaired) electrons. The van der Waals surface area contributed by atoms with Gasteiger partial charge in [0.15, 0.2) is 0 Å².